The number of nitrogens with two attached hydrogens (primary N) is 1. The maximum Gasteiger partial charge on any atom is 0.221 e. The quantitative estimate of drug-likeness (QED) is 0.883. The Kier molecular flexibility index (Phi) is 4.66. The van der Waals surface area contributed by atoms with Crippen molar-refractivity contribution < 1.29 is 14.3 Å². The van der Waals surface area contributed by atoms with Gasteiger partial charge < -0.3 is 20.5 Å². The summed E-state index contributed by atoms with van der Waals surface area (Å²) in [6.45, 7) is 3.37. The third-order valence-corrected chi connectivity index (χ3v) is 3.56. The van der Waals surface area contributed by atoms with Gasteiger partial charge in [0.05, 0.1) is 6.04 Å². The first-order valence-electron chi connectivity index (χ1n) is 6.20. The molecule has 1 heterocycles. The van der Waals surface area contributed by atoms with Crippen molar-refractivity contribution >= 4 is 21.8 Å². The molecule has 5 nitrogen and oxygen atoms in total. The zero-order valence-electron chi connectivity index (χ0n) is 10.7. The largest absolute Gasteiger partial charge is 0.486 e. The summed E-state index contributed by atoms with van der Waals surface area (Å²) < 4.78 is 11.9. The molecule has 0 fully saturated rings. The van der Waals surface area contributed by atoms with E-state index in [1.807, 2.05) is 19.1 Å². The number of carbonyl (C=O) groups is 1. The second-order valence-electron chi connectivity index (χ2n) is 4.35. The van der Waals surface area contributed by atoms with Crippen LogP contribution in [0.1, 0.15) is 24.9 Å². The van der Waals surface area contributed by atoms with E-state index in [0.29, 0.717) is 31.9 Å². The van der Waals surface area contributed by atoms with Gasteiger partial charge in [0.15, 0.2) is 11.5 Å². The fourth-order valence-electron chi connectivity index (χ4n) is 1.93. The van der Waals surface area contributed by atoms with Crippen molar-refractivity contribution in [1.29, 1.82) is 0 Å². The van der Waals surface area contributed by atoms with Crippen molar-refractivity contribution in [3.63, 3.8) is 0 Å². The maximum atomic E-state index is 11.6. The molecule has 104 valence electrons. The number of hydrogen-bond donors (Lipinski definition) is 2. The second-order valence-corrected chi connectivity index (χ2v) is 5.20. The number of carbonyl (C=O) groups excluding carboxylic acids is 1. The molecule has 1 aliphatic rings. The van der Waals surface area contributed by atoms with Gasteiger partial charge in [0.2, 0.25) is 5.91 Å². The van der Waals surface area contributed by atoms with Crippen LogP contribution in [0.25, 0.3) is 0 Å². The topological polar surface area (TPSA) is 73.6 Å². The predicted octanol–water partition coefficient (Wildman–Crippen LogP) is 1.75. The van der Waals surface area contributed by atoms with Gasteiger partial charge in [-0.1, -0.05) is 15.9 Å². The average Bonchev–Trinajstić information content (AvgIpc) is 2.38. The molecule has 1 unspecified atom stereocenters. The SMILES string of the molecule is CC(NC(=O)CCN)c1cc2c(cc1Br)OCCO2. The molecule has 1 amide bonds. The van der Waals surface area contributed by atoms with Crippen LogP contribution in [-0.2, 0) is 4.79 Å². The molecule has 1 aliphatic heterocycles. The lowest BCUT2D eigenvalue weighted by Gasteiger charge is -2.22. The van der Waals surface area contributed by atoms with Crippen LogP contribution in [0.15, 0.2) is 16.6 Å². The van der Waals surface area contributed by atoms with Crippen molar-refractivity contribution in [2.24, 2.45) is 5.73 Å². The van der Waals surface area contributed by atoms with Gasteiger partial charge in [0.25, 0.3) is 0 Å². The minimum absolute atomic E-state index is 0.0585. The highest BCUT2D eigenvalue weighted by molar-refractivity contribution is 9.10. The molecule has 0 radical (unpaired) electrons. The molecule has 1 aromatic rings. The van der Waals surface area contributed by atoms with Crippen molar-refractivity contribution in [2.75, 3.05) is 19.8 Å². The van der Waals surface area contributed by atoms with E-state index in [4.69, 9.17) is 15.2 Å². The number of ether oxygens (including phenoxy) is 2. The summed E-state index contributed by atoms with van der Waals surface area (Å²) >= 11 is 3.49. The third kappa shape index (κ3) is 3.39. The number of fused-ring (bicyclic) bond motifs is 1. The molecule has 0 aromatic heterocycles. The molecule has 0 aliphatic carbocycles. The van der Waals surface area contributed by atoms with E-state index >= 15 is 0 Å². The van der Waals surface area contributed by atoms with Crippen LogP contribution in [0.4, 0.5) is 0 Å². The van der Waals surface area contributed by atoms with E-state index in [0.717, 1.165) is 15.8 Å². The standard InChI is InChI=1S/C13H17BrN2O3/c1-8(16-13(17)2-3-15)9-6-11-12(7-10(9)14)19-5-4-18-11/h6-8H,2-5,15H2,1H3,(H,16,17). The Labute approximate surface area is 120 Å². The van der Waals surface area contributed by atoms with E-state index < -0.39 is 0 Å². The van der Waals surface area contributed by atoms with Gasteiger partial charge in [-0.05, 0) is 24.6 Å². The van der Waals surface area contributed by atoms with E-state index in [-0.39, 0.29) is 11.9 Å². The summed E-state index contributed by atoms with van der Waals surface area (Å²) in [5.41, 5.74) is 6.31. The van der Waals surface area contributed by atoms with E-state index in [1.54, 1.807) is 0 Å². The Balaban J connectivity index is 2.17. The molecule has 0 bridgehead atoms. The Morgan fingerprint density at radius 3 is 2.68 bits per heavy atom. The minimum atomic E-state index is -0.121. The first kappa shape index (κ1) is 14.1. The summed E-state index contributed by atoms with van der Waals surface area (Å²) in [5.74, 6) is 1.38. The monoisotopic (exact) mass is 328 g/mol. The third-order valence-electron chi connectivity index (χ3n) is 2.88. The lowest BCUT2D eigenvalue weighted by Crippen LogP contribution is -2.28. The van der Waals surface area contributed by atoms with Gasteiger partial charge >= 0.3 is 0 Å². The lowest BCUT2D eigenvalue weighted by molar-refractivity contribution is -0.121. The van der Waals surface area contributed by atoms with Gasteiger partial charge in [-0.15, -0.1) is 0 Å². The molecular weight excluding hydrogens is 312 g/mol. The van der Waals surface area contributed by atoms with Gasteiger partial charge in [0.1, 0.15) is 13.2 Å². The zero-order chi connectivity index (χ0) is 13.8. The number of amides is 1. The zero-order valence-corrected chi connectivity index (χ0v) is 12.3. The fraction of sp³-hybridized carbons (Fsp3) is 0.462. The molecule has 1 atom stereocenters. The summed E-state index contributed by atoms with van der Waals surface area (Å²) in [6, 6.07) is 3.64. The van der Waals surface area contributed by atoms with Crippen molar-refractivity contribution in [3.05, 3.63) is 22.2 Å². The molecular formula is C13H17BrN2O3. The Morgan fingerprint density at radius 1 is 1.42 bits per heavy atom. The second kappa shape index (κ2) is 6.25. The smallest absolute Gasteiger partial charge is 0.221 e. The van der Waals surface area contributed by atoms with Crippen LogP contribution in [0, 0.1) is 0 Å². The van der Waals surface area contributed by atoms with Gasteiger partial charge in [-0.2, -0.15) is 0 Å². The number of hydrogen-bond acceptors (Lipinski definition) is 4. The number of rotatable bonds is 4. The summed E-state index contributed by atoms with van der Waals surface area (Å²) in [7, 11) is 0. The molecule has 0 saturated heterocycles. The van der Waals surface area contributed by atoms with E-state index in [1.165, 1.54) is 0 Å². The summed E-state index contributed by atoms with van der Waals surface area (Å²) in [6.07, 6.45) is 0.326. The van der Waals surface area contributed by atoms with Crippen LogP contribution in [-0.4, -0.2) is 25.7 Å². The lowest BCUT2D eigenvalue weighted by atomic mass is 10.1. The number of benzene rings is 1. The molecule has 0 saturated carbocycles. The highest BCUT2D eigenvalue weighted by Crippen LogP contribution is 2.37. The van der Waals surface area contributed by atoms with E-state index in [2.05, 4.69) is 21.2 Å². The molecule has 3 N–H and O–H groups in total. The van der Waals surface area contributed by atoms with Crippen LogP contribution in [0.5, 0.6) is 11.5 Å². The Morgan fingerprint density at radius 2 is 2.05 bits per heavy atom. The fourth-order valence-corrected chi connectivity index (χ4v) is 2.60. The van der Waals surface area contributed by atoms with Gasteiger partial charge in [0, 0.05) is 17.4 Å². The molecule has 0 spiro atoms. The maximum absolute atomic E-state index is 11.6. The minimum Gasteiger partial charge on any atom is -0.486 e. The molecule has 1 aromatic carbocycles. The average molecular weight is 329 g/mol. The Hall–Kier alpha value is -1.27. The predicted molar refractivity (Wildman–Crippen MR) is 75.4 cm³/mol. The summed E-state index contributed by atoms with van der Waals surface area (Å²) in [5, 5.41) is 2.90. The highest BCUT2D eigenvalue weighted by atomic mass is 79.9. The van der Waals surface area contributed by atoms with Crippen molar-refractivity contribution in [1.82, 2.24) is 5.32 Å². The van der Waals surface area contributed by atoms with Crippen LogP contribution in [0.3, 0.4) is 0 Å². The van der Waals surface area contributed by atoms with Crippen molar-refractivity contribution in [2.45, 2.75) is 19.4 Å². The van der Waals surface area contributed by atoms with Crippen LogP contribution < -0.4 is 20.5 Å². The highest BCUT2D eigenvalue weighted by Gasteiger charge is 2.18. The normalized spacial score (nSPS) is 14.9. The first-order valence-corrected chi connectivity index (χ1v) is 6.99. The van der Waals surface area contributed by atoms with Crippen LogP contribution >= 0.6 is 15.9 Å². The van der Waals surface area contributed by atoms with Gasteiger partial charge in [-0.3, -0.25) is 4.79 Å². The number of nitrogens with one attached hydrogen (secondary N) is 1. The molecule has 6 heteroatoms. The van der Waals surface area contributed by atoms with Gasteiger partial charge in [-0.25, -0.2) is 0 Å². The number of halogens is 1. The van der Waals surface area contributed by atoms with E-state index in [9.17, 15) is 4.79 Å². The Bertz CT molecular complexity index is 479. The van der Waals surface area contributed by atoms with Crippen LogP contribution in [0.2, 0.25) is 0 Å². The molecule has 2 rings (SSSR count). The van der Waals surface area contributed by atoms with Crippen molar-refractivity contribution in [3.8, 4) is 11.5 Å². The summed E-state index contributed by atoms with van der Waals surface area (Å²) in [4.78, 5) is 11.6. The molecule has 19 heavy (non-hydrogen) atoms. The first-order chi connectivity index (χ1) is 9.11.